The molecule has 4 heteroatoms. The Balaban J connectivity index is 0.000000173. The molecule has 0 bridgehead atoms. The van der Waals surface area contributed by atoms with E-state index in [1.807, 2.05) is 9.24 Å². The van der Waals surface area contributed by atoms with Gasteiger partial charge in [-0.15, -0.1) is 0 Å². The molecule has 0 amide bonds. The summed E-state index contributed by atoms with van der Waals surface area (Å²) in [6.45, 7) is 5.70. The van der Waals surface area contributed by atoms with Gasteiger partial charge in [0.25, 0.3) is 0 Å². The van der Waals surface area contributed by atoms with Crippen LogP contribution < -0.4 is 36.6 Å². The molecule has 0 N–H and O–H groups in total. The zero-order valence-electron chi connectivity index (χ0n) is 30.4. The Bertz CT molecular complexity index is 1570. The van der Waals surface area contributed by atoms with Crippen LogP contribution in [0.25, 0.3) is 0 Å². The molecule has 1 atom stereocenters. The van der Waals surface area contributed by atoms with E-state index < -0.39 is 6.15 Å². The van der Waals surface area contributed by atoms with Crippen molar-refractivity contribution in [3.63, 3.8) is 0 Å². The zero-order chi connectivity index (χ0) is 34.6. The van der Waals surface area contributed by atoms with E-state index in [-0.39, 0.29) is 0 Å². The molecule has 0 spiro atoms. The van der Waals surface area contributed by atoms with E-state index in [9.17, 15) is 0 Å². The van der Waals surface area contributed by atoms with Crippen LogP contribution in [-0.2, 0) is 0 Å². The topological polar surface area (TPSA) is 18.5 Å². The van der Waals surface area contributed by atoms with E-state index in [1.165, 1.54) is 108 Å². The minimum atomic E-state index is -1.22. The summed E-state index contributed by atoms with van der Waals surface area (Å²) in [7, 11) is 2.03. The largest absolute Gasteiger partial charge is 0.493 e. The van der Waals surface area contributed by atoms with Gasteiger partial charge in [-0.05, 0) is 51.4 Å². The molecule has 5 aromatic rings. The van der Waals surface area contributed by atoms with Crippen molar-refractivity contribution in [2.75, 3.05) is 13.2 Å². The molecule has 0 aromatic heterocycles. The van der Waals surface area contributed by atoms with Gasteiger partial charge < -0.3 is 9.47 Å². The van der Waals surface area contributed by atoms with Crippen LogP contribution in [0.2, 0.25) is 0 Å². The standard InChI is InChI=1S/C24H20B.C22H35O2P/c1-5-13-21(14-6-1)25(22-15-7-2-8-16-22,23-17-9-3-10-18-23)24-19-11-4-12-20-24;1-3-23-18-15-19(25)21(17-13-9-6-10-14-17)22(24-4-2)20(18)16-11-7-5-8-12-16/h1-20H;15-17H,3-14,25H2,1-2H3/q-1;/p+1. The summed E-state index contributed by atoms with van der Waals surface area (Å²) in [5, 5.41) is 1.40. The second kappa shape index (κ2) is 17.9. The minimum absolute atomic E-state index is 0.614. The summed E-state index contributed by atoms with van der Waals surface area (Å²) in [4.78, 5) is 0. The SMILES string of the molecule is CCOc1cc([PH3+])c(C2CCCCC2)c(OCC)c1C1CCCCC1.c1ccc([B-](c2ccccc2)(c2ccccc2)c2ccccc2)cc1. The van der Waals surface area contributed by atoms with E-state index in [4.69, 9.17) is 9.47 Å². The monoisotopic (exact) mass is 682 g/mol. The van der Waals surface area contributed by atoms with Gasteiger partial charge in [-0.25, -0.2) is 0 Å². The first-order valence-electron chi connectivity index (χ1n) is 19.3. The number of hydrogen-bond acceptors (Lipinski definition) is 2. The lowest BCUT2D eigenvalue weighted by Crippen LogP contribution is -2.74. The van der Waals surface area contributed by atoms with Crippen LogP contribution in [0, 0.1) is 0 Å². The number of hydrogen-bond donors (Lipinski definition) is 0. The highest BCUT2D eigenvalue weighted by Gasteiger charge is 2.33. The average Bonchev–Trinajstić information content (AvgIpc) is 3.18. The minimum Gasteiger partial charge on any atom is -0.493 e. The number of benzene rings is 5. The van der Waals surface area contributed by atoms with Gasteiger partial charge in [0, 0.05) is 26.4 Å². The van der Waals surface area contributed by atoms with Gasteiger partial charge in [0.05, 0.1) is 18.5 Å². The lowest BCUT2D eigenvalue weighted by Gasteiger charge is -2.44. The van der Waals surface area contributed by atoms with Gasteiger partial charge in [-0.1, -0.05) is 160 Å². The van der Waals surface area contributed by atoms with Crippen molar-refractivity contribution in [3.8, 4) is 11.5 Å². The molecule has 2 fully saturated rings. The molecule has 50 heavy (non-hydrogen) atoms. The number of ether oxygens (including phenoxy) is 2. The Morgan fingerprint density at radius 1 is 0.500 bits per heavy atom. The zero-order valence-corrected chi connectivity index (χ0v) is 31.8. The van der Waals surface area contributed by atoms with Crippen LogP contribution in [0.15, 0.2) is 127 Å². The molecule has 260 valence electrons. The van der Waals surface area contributed by atoms with Crippen molar-refractivity contribution in [1.29, 1.82) is 0 Å². The highest BCUT2D eigenvalue weighted by molar-refractivity contribution is 7.27. The van der Waals surface area contributed by atoms with Crippen LogP contribution in [0.3, 0.4) is 0 Å². The predicted octanol–water partition coefficient (Wildman–Crippen LogP) is 8.88. The van der Waals surface area contributed by atoms with E-state index in [1.54, 1.807) is 0 Å². The van der Waals surface area contributed by atoms with Crippen LogP contribution in [-0.4, -0.2) is 19.4 Å². The molecule has 7 rings (SSSR count). The smallest absolute Gasteiger partial charge is 0.133 e. The lowest BCUT2D eigenvalue weighted by molar-refractivity contribution is 0.298. The molecule has 2 aliphatic carbocycles. The van der Waals surface area contributed by atoms with Crippen molar-refractivity contribution in [3.05, 3.63) is 139 Å². The van der Waals surface area contributed by atoms with Crippen molar-refractivity contribution < 1.29 is 9.47 Å². The fraction of sp³-hybridized carbons (Fsp3) is 0.348. The first kappa shape index (κ1) is 36.0. The van der Waals surface area contributed by atoms with Crippen LogP contribution in [0.4, 0.5) is 0 Å². The van der Waals surface area contributed by atoms with Crippen molar-refractivity contribution in [2.24, 2.45) is 0 Å². The molecular weight excluding hydrogens is 626 g/mol. The van der Waals surface area contributed by atoms with Crippen LogP contribution in [0.1, 0.15) is 101 Å². The second-order valence-electron chi connectivity index (χ2n) is 14.2. The van der Waals surface area contributed by atoms with E-state index in [0.717, 1.165) is 19.0 Å². The van der Waals surface area contributed by atoms with Crippen LogP contribution >= 0.6 is 9.24 Å². The third-order valence-electron chi connectivity index (χ3n) is 11.2. The fourth-order valence-corrected chi connectivity index (χ4v) is 9.66. The third-order valence-corrected chi connectivity index (χ3v) is 11.8. The molecule has 0 heterocycles. The van der Waals surface area contributed by atoms with Crippen molar-refractivity contribution >= 4 is 42.5 Å². The van der Waals surface area contributed by atoms with Gasteiger partial charge in [0.2, 0.25) is 0 Å². The number of rotatable bonds is 10. The molecule has 2 aliphatic rings. The Morgan fingerprint density at radius 2 is 0.860 bits per heavy atom. The summed E-state index contributed by atoms with van der Waals surface area (Å²) in [5.74, 6) is 3.60. The highest BCUT2D eigenvalue weighted by Crippen LogP contribution is 2.48. The summed E-state index contributed by atoms with van der Waals surface area (Å²) in [5.41, 5.74) is 8.28. The van der Waals surface area contributed by atoms with Gasteiger partial charge in [-0.3, -0.25) is 0 Å². The predicted molar refractivity (Wildman–Crippen MR) is 221 cm³/mol. The molecule has 1 unspecified atom stereocenters. The van der Waals surface area contributed by atoms with E-state index >= 15 is 0 Å². The highest BCUT2D eigenvalue weighted by atomic mass is 31.0. The average molecular weight is 683 g/mol. The maximum absolute atomic E-state index is 6.37. The molecule has 2 saturated carbocycles. The Morgan fingerprint density at radius 3 is 1.22 bits per heavy atom. The molecule has 0 radical (unpaired) electrons. The summed E-state index contributed by atoms with van der Waals surface area (Å²) in [6.07, 6.45) is 12.2. The van der Waals surface area contributed by atoms with Crippen LogP contribution in [0.5, 0.6) is 11.5 Å². The van der Waals surface area contributed by atoms with E-state index in [2.05, 4.69) is 141 Å². The first-order chi connectivity index (χ1) is 24.7. The summed E-state index contributed by atoms with van der Waals surface area (Å²) >= 11 is 0. The fourth-order valence-electron chi connectivity index (χ4n) is 9.03. The molecule has 5 aromatic carbocycles. The van der Waals surface area contributed by atoms with E-state index in [0.29, 0.717) is 11.8 Å². The Labute approximate surface area is 304 Å². The van der Waals surface area contributed by atoms with Gasteiger partial charge in [0.15, 0.2) is 0 Å². The normalized spacial score (nSPS) is 15.6. The molecule has 0 saturated heterocycles. The summed E-state index contributed by atoms with van der Waals surface area (Å²) in [6, 6.07) is 45.9. The third kappa shape index (κ3) is 7.90. The maximum Gasteiger partial charge on any atom is 0.133 e. The molecular formula is C46H56BO2P. The maximum atomic E-state index is 6.37. The van der Waals surface area contributed by atoms with Gasteiger partial charge >= 0.3 is 0 Å². The Kier molecular flexibility index (Phi) is 12.9. The second-order valence-corrected chi connectivity index (χ2v) is 15.0. The lowest BCUT2D eigenvalue weighted by atomic mass is 9.13. The van der Waals surface area contributed by atoms with Gasteiger partial charge in [0.1, 0.15) is 17.6 Å². The first-order valence-corrected chi connectivity index (χ1v) is 20.0. The molecule has 0 aliphatic heterocycles. The summed E-state index contributed by atoms with van der Waals surface area (Å²) < 4.78 is 12.5. The molecule has 2 nitrogen and oxygen atoms in total. The van der Waals surface area contributed by atoms with Crippen molar-refractivity contribution in [2.45, 2.75) is 89.9 Å². The van der Waals surface area contributed by atoms with Gasteiger partial charge in [-0.2, -0.15) is 21.9 Å². The quantitative estimate of drug-likeness (QED) is 0.108. The Hall–Kier alpha value is -3.81. The van der Waals surface area contributed by atoms with Crippen molar-refractivity contribution in [1.82, 2.24) is 0 Å².